The number of aryl methyl sites for hydroxylation is 1. The van der Waals surface area contributed by atoms with Gasteiger partial charge in [0.2, 0.25) is 0 Å². The smallest absolute Gasteiger partial charge is 0.0898 e. The highest BCUT2D eigenvalue weighted by molar-refractivity contribution is 7.09. The van der Waals surface area contributed by atoms with Crippen molar-refractivity contribution in [2.75, 3.05) is 6.61 Å². The molecule has 0 aliphatic carbocycles. The van der Waals surface area contributed by atoms with E-state index in [0.29, 0.717) is 6.10 Å². The standard InChI is InChI=1S/C12H20N2OS/c1-9-14-12(8-16-9)11(13)6-2-4-10-5-3-7-15-10/h8,10-11H,2-7,13H2,1H3. The monoisotopic (exact) mass is 240 g/mol. The number of aromatic nitrogens is 1. The van der Waals surface area contributed by atoms with Crippen molar-refractivity contribution in [2.24, 2.45) is 5.73 Å². The van der Waals surface area contributed by atoms with Gasteiger partial charge in [0.05, 0.1) is 16.8 Å². The Hall–Kier alpha value is -0.450. The van der Waals surface area contributed by atoms with E-state index in [1.54, 1.807) is 11.3 Å². The number of hydrogen-bond acceptors (Lipinski definition) is 4. The SMILES string of the molecule is Cc1nc(C(N)CCCC2CCCO2)cs1. The molecule has 0 spiro atoms. The zero-order chi connectivity index (χ0) is 11.4. The third-order valence-corrected chi connectivity index (χ3v) is 3.87. The van der Waals surface area contributed by atoms with Crippen LogP contribution in [-0.2, 0) is 4.74 Å². The van der Waals surface area contributed by atoms with E-state index in [0.717, 1.165) is 36.6 Å². The van der Waals surface area contributed by atoms with Crippen molar-refractivity contribution in [1.82, 2.24) is 4.98 Å². The summed E-state index contributed by atoms with van der Waals surface area (Å²) in [7, 11) is 0. The number of thiazole rings is 1. The second-order valence-electron chi connectivity index (χ2n) is 4.46. The summed E-state index contributed by atoms with van der Waals surface area (Å²) in [4.78, 5) is 4.42. The molecule has 1 aromatic heterocycles. The minimum atomic E-state index is 0.103. The van der Waals surface area contributed by atoms with Crippen LogP contribution in [0.1, 0.15) is 48.8 Å². The van der Waals surface area contributed by atoms with Gasteiger partial charge in [0.1, 0.15) is 0 Å². The van der Waals surface area contributed by atoms with Gasteiger partial charge in [0.25, 0.3) is 0 Å². The van der Waals surface area contributed by atoms with Crippen LogP contribution in [0.5, 0.6) is 0 Å². The Bertz CT molecular complexity index is 321. The van der Waals surface area contributed by atoms with Gasteiger partial charge >= 0.3 is 0 Å². The molecule has 2 N–H and O–H groups in total. The van der Waals surface area contributed by atoms with Crippen molar-refractivity contribution >= 4 is 11.3 Å². The average molecular weight is 240 g/mol. The minimum absolute atomic E-state index is 0.103. The van der Waals surface area contributed by atoms with Gasteiger partial charge in [-0.1, -0.05) is 0 Å². The van der Waals surface area contributed by atoms with Crippen LogP contribution in [0, 0.1) is 6.92 Å². The number of hydrogen-bond donors (Lipinski definition) is 1. The van der Waals surface area contributed by atoms with E-state index in [4.69, 9.17) is 10.5 Å². The van der Waals surface area contributed by atoms with Gasteiger partial charge in [-0.2, -0.15) is 0 Å². The van der Waals surface area contributed by atoms with Crippen molar-refractivity contribution in [3.8, 4) is 0 Å². The summed E-state index contributed by atoms with van der Waals surface area (Å²) in [6.45, 7) is 2.97. The Morgan fingerprint density at radius 1 is 1.69 bits per heavy atom. The summed E-state index contributed by atoms with van der Waals surface area (Å²) in [6.07, 6.45) is 6.25. The van der Waals surface area contributed by atoms with Gasteiger partial charge in [-0.15, -0.1) is 11.3 Å². The number of nitrogens with two attached hydrogens (primary N) is 1. The maximum atomic E-state index is 6.10. The fourth-order valence-corrected chi connectivity index (χ4v) is 2.81. The quantitative estimate of drug-likeness (QED) is 0.861. The molecule has 1 aliphatic heterocycles. The summed E-state index contributed by atoms with van der Waals surface area (Å²) in [5, 5.41) is 3.18. The van der Waals surface area contributed by atoms with E-state index in [2.05, 4.69) is 10.4 Å². The molecule has 1 aromatic rings. The molecular weight excluding hydrogens is 220 g/mol. The molecular formula is C12H20N2OS. The second kappa shape index (κ2) is 5.75. The van der Waals surface area contributed by atoms with Crippen LogP contribution in [-0.4, -0.2) is 17.7 Å². The van der Waals surface area contributed by atoms with Crippen LogP contribution in [0.3, 0.4) is 0 Å². The molecule has 2 atom stereocenters. The Morgan fingerprint density at radius 2 is 2.56 bits per heavy atom. The summed E-state index contributed by atoms with van der Waals surface area (Å²) >= 11 is 1.68. The minimum Gasteiger partial charge on any atom is -0.378 e. The molecule has 2 rings (SSSR count). The second-order valence-corrected chi connectivity index (χ2v) is 5.53. The molecule has 90 valence electrons. The summed E-state index contributed by atoms with van der Waals surface area (Å²) in [5.41, 5.74) is 7.15. The number of ether oxygens (including phenoxy) is 1. The molecule has 4 heteroatoms. The third-order valence-electron chi connectivity index (χ3n) is 3.08. The van der Waals surface area contributed by atoms with Crippen LogP contribution < -0.4 is 5.73 Å². The van der Waals surface area contributed by atoms with Crippen molar-refractivity contribution in [1.29, 1.82) is 0 Å². The normalized spacial score (nSPS) is 22.5. The van der Waals surface area contributed by atoms with E-state index in [-0.39, 0.29) is 6.04 Å². The van der Waals surface area contributed by atoms with Gasteiger partial charge in [-0.3, -0.25) is 0 Å². The topological polar surface area (TPSA) is 48.1 Å². The highest BCUT2D eigenvalue weighted by atomic mass is 32.1. The average Bonchev–Trinajstić information content (AvgIpc) is 2.89. The molecule has 0 aromatic carbocycles. The zero-order valence-electron chi connectivity index (χ0n) is 9.82. The highest BCUT2D eigenvalue weighted by Crippen LogP contribution is 2.22. The zero-order valence-corrected chi connectivity index (χ0v) is 10.6. The van der Waals surface area contributed by atoms with E-state index < -0.39 is 0 Å². The molecule has 2 heterocycles. The van der Waals surface area contributed by atoms with Crippen molar-refractivity contribution < 1.29 is 4.74 Å². The van der Waals surface area contributed by atoms with Crippen molar-refractivity contribution in [3.05, 3.63) is 16.1 Å². The van der Waals surface area contributed by atoms with Gasteiger partial charge in [0, 0.05) is 18.0 Å². The molecule has 1 saturated heterocycles. The predicted octanol–water partition coefficient (Wildman–Crippen LogP) is 2.80. The molecule has 0 radical (unpaired) electrons. The summed E-state index contributed by atoms with van der Waals surface area (Å²) in [5.74, 6) is 0. The Balaban J connectivity index is 1.69. The van der Waals surface area contributed by atoms with Gasteiger partial charge in [-0.25, -0.2) is 4.98 Å². The predicted molar refractivity (Wildman–Crippen MR) is 66.6 cm³/mol. The maximum Gasteiger partial charge on any atom is 0.0898 e. The van der Waals surface area contributed by atoms with Gasteiger partial charge in [0.15, 0.2) is 0 Å². The lowest BCUT2D eigenvalue weighted by molar-refractivity contribution is 0.101. The van der Waals surface area contributed by atoms with E-state index in [1.807, 2.05) is 6.92 Å². The van der Waals surface area contributed by atoms with Crippen LogP contribution in [0.15, 0.2) is 5.38 Å². The van der Waals surface area contributed by atoms with Crippen LogP contribution in [0.2, 0.25) is 0 Å². The third kappa shape index (κ3) is 3.27. The molecule has 0 bridgehead atoms. The largest absolute Gasteiger partial charge is 0.378 e. The van der Waals surface area contributed by atoms with Crippen LogP contribution in [0.4, 0.5) is 0 Å². The maximum absolute atomic E-state index is 6.10. The highest BCUT2D eigenvalue weighted by Gasteiger charge is 2.16. The lowest BCUT2D eigenvalue weighted by Gasteiger charge is -2.11. The number of nitrogens with zero attached hydrogens (tertiary/aromatic N) is 1. The van der Waals surface area contributed by atoms with E-state index in [9.17, 15) is 0 Å². The fraction of sp³-hybridized carbons (Fsp3) is 0.750. The number of rotatable bonds is 5. The lowest BCUT2D eigenvalue weighted by Crippen LogP contribution is -2.12. The first kappa shape index (κ1) is 12.0. The van der Waals surface area contributed by atoms with E-state index in [1.165, 1.54) is 12.8 Å². The summed E-state index contributed by atoms with van der Waals surface area (Å²) < 4.78 is 5.59. The molecule has 0 saturated carbocycles. The molecule has 1 aliphatic rings. The van der Waals surface area contributed by atoms with E-state index >= 15 is 0 Å². The van der Waals surface area contributed by atoms with Crippen molar-refractivity contribution in [3.63, 3.8) is 0 Å². The Morgan fingerprint density at radius 3 is 3.19 bits per heavy atom. The molecule has 3 nitrogen and oxygen atoms in total. The fourth-order valence-electron chi connectivity index (χ4n) is 2.14. The van der Waals surface area contributed by atoms with Crippen LogP contribution in [0.25, 0.3) is 0 Å². The first-order chi connectivity index (χ1) is 7.75. The lowest BCUT2D eigenvalue weighted by atomic mass is 10.0. The first-order valence-corrected chi connectivity index (χ1v) is 6.93. The van der Waals surface area contributed by atoms with Gasteiger partial charge < -0.3 is 10.5 Å². The Labute approximate surface area is 101 Å². The molecule has 0 amide bonds. The van der Waals surface area contributed by atoms with Gasteiger partial charge in [-0.05, 0) is 39.0 Å². The molecule has 2 unspecified atom stereocenters. The van der Waals surface area contributed by atoms with Crippen molar-refractivity contribution in [2.45, 2.75) is 51.2 Å². The Kier molecular flexibility index (Phi) is 4.32. The summed E-state index contributed by atoms with van der Waals surface area (Å²) in [6, 6.07) is 0.103. The van der Waals surface area contributed by atoms with Crippen LogP contribution >= 0.6 is 11.3 Å². The molecule has 16 heavy (non-hydrogen) atoms. The first-order valence-electron chi connectivity index (χ1n) is 6.05. The molecule has 1 fully saturated rings.